The average Bonchev–Trinajstić information content (AvgIpc) is 3.14. The van der Waals surface area contributed by atoms with Crippen LogP contribution in [-0.4, -0.2) is 20.8 Å². The topological polar surface area (TPSA) is 73.0 Å². The second-order valence-corrected chi connectivity index (χ2v) is 4.80. The number of carbonyl (C=O) groups is 1. The van der Waals surface area contributed by atoms with E-state index in [2.05, 4.69) is 15.6 Å². The molecule has 6 nitrogen and oxygen atoms in total. The zero-order valence-corrected chi connectivity index (χ0v) is 13.6. The molecule has 0 unspecified atom stereocenters. The Bertz CT molecular complexity index is 794. The lowest BCUT2D eigenvalue weighted by molar-refractivity contribution is 0.0987. The van der Waals surface area contributed by atoms with E-state index in [0.717, 1.165) is 11.1 Å². The summed E-state index contributed by atoms with van der Waals surface area (Å²) in [7, 11) is 1.80. The number of benzene rings is 1. The molecular weight excluding hydrogens is 304 g/mol. The first-order chi connectivity index (χ1) is 10.6. The summed E-state index contributed by atoms with van der Waals surface area (Å²) in [6.45, 7) is 5.96. The maximum absolute atomic E-state index is 12.0. The summed E-state index contributed by atoms with van der Waals surface area (Å²) in [5, 5.41) is 11.7. The largest absolute Gasteiger partial charge is 0.351 e. The van der Waals surface area contributed by atoms with Crippen LogP contribution in [0.1, 0.15) is 30.0 Å². The maximum Gasteiger partial charge on any atom is 0.295 e. The summed E-state index contributed by atoms with van der Waals surface area (Å²) >= 11 is 6.22. The van der Waals surface area contributed by atoms with E-state index in [-0.39, 0.29) is 5.76 Å². The molecule has 2 heterocycles. The second-order valence-electron chi connectivity index (χ2n) is 4.39. The summed E-state index contributed by atoms with van der Waals surface area (Å²) in [5.74, 6) is 0.102. The Hall–Kier alpha value is -2.34. The molecule has 22 heavy (non-hydrogen) atoms. The fourth-order valence-corrected chi connectivity index (χ4v) is 2.39. The number of anilines is 1. The molecule has 1 N–H and O–H groups in total. The minimum Gasteiger partial charge on any atom is -0.351 e. The Morgan fingerprint density at radius 1 is 1.32 bits per heavy atom. The molecule has 3 rings (SSSR count). The molecular formula is C15H17ClN4O2. The van der Waals surface area contributed by atoms with Crippen molar-refractivity contribution >= 4 is 34.2 Å². The second kappa shape index (κ2) is 6.62. The zero-order chi connectivity index (χ0) is 16.3. The van der Waals surface area contributed by atoms with Crippen LogP contribution in [0.5, 0.6) is 0 Å². The molecule has 2 aromatic heterocycles. The highest BCUT2D eigenvalue weighted by Gasteiger charge is 2.18. The molecule has 0 spiro atoms. The Kier molecular flexibility index (Phi) is 4.82. The van der Waals surface area contributed by atoms with Crippen LogP contribution < -0.4 is 5.32 Å². The minimum absolute atomic E-state index is 0.118. The van der Waals surface area contributed by atoms with E-state index in [1.807, 2.05) is 26.8 Å². The molecule has 3 aromatic rings. The van der Waals surface area contributed by atoms with Crippen molar-refractivity contribution in [1.82, 2.24) is 14.9 Å². The fraction of sp³-hybridized carbons (Fsp3) is 0.267. The Balaban J connectivity index is 0.000000847. The third kappa shape index (κ3) is 2.82. The van der Waals surface area contributed by atoms with Gasteiger partial charge in [0.1, 0.15) is 0 Å². The number of aromatic nitrogens is 3. The van der Waals surface area contributed by atoms with Crippen molar-refractivity contribution in [2.24, 2.45) is 7.05 Å². The molecule has 0 saturated carbocycles. The summed E-state index contributed by atoms with van der Waals surface area (Å²) in [5.41, 5.74) is 1.91. The van der Waals surface area contributed by atoms with Crippen LogP contribution in [0.2, 0.25) is 5.02 Å². The number of halogens is 1. The van der Waals surface area contributed by atoms with Crippen molar-refractivity contribution in [3.8, 4) is 0 Å². The van der Waals surface area contributed by atoms with Crippen molar-refractivity contribution in [3.05, 3.63) is 40.7 Å². The number of rotatable bonds is 2. The summed E-state index contributed by atoms with van der Waals surface area (Å²) in [6.07, 6.45) is 1.41. The van der Waals surface area contributed by atoms with Crippen LogP contribution in [0.3, 0.4) is 0 Å². The van der Waals surface area contributed by atoms with Crippen LogP contribution >= 0.6 is 11.6 Å². The number of nitrogens with zero attached hydrogens (tertiary/aromatic N) is 3. The van der Waals surface area contributed by atoms with Gasteiger partial charge in [-0.15, -0.1) is 0 Å². The lowest BCUT2D eigenvalue weighted by Crippen LogP contribution is -2.11. The average molecular weight is 321 g/mol. The van der Waals surface area contributed by atoms with Gasteiger partial charge in [0.15, 0.2) is 5.82 Å². The summed E-state index contributed by atoms with van der Waals surface area (Å²) < 4.78 is 6.50. The number of fused-ring (bicyclic) bond motifs is 1. The van der Waals surface area contributed by atoms with E-state index in [1.54, 1.807) is 17.8 Å². The van der Waals surface area contributed by atoms with Crippen LogP contribution in [0, 0.1) is 6.92 Å². The number of nitrogens with one attached hydrogen (secondary N) is 1. The highest BCUT2D eigenvalue weighted by atomic mass is 35.5. The molecule has 1 amide bonds. The van der Waals surface area contributed by atoms with Gasteiger partial charge in [-0.25, -0.2) is 0 Å². The SMILES string of the molecule is CC.Cc1ccc(Cl)c2c(NC(=O)c3ccno3)nn(C)c12. The molecule has 0 aliphatic rings. The van der Waals surface area contributed by atoms with Gasteiger partial charge < -0.3 is 9.84 Å². The van der Waals surface area contributed by atoms with Crippen molar-refractivity contribution in [1.29, 1.82) is 0 Å². The number of carbonyl (C=O) groups excluding carboxylic acids is 1. The number of aryl methyl sites for hydroxylation is 2. The van der Waals surface area contributed by atoms with E-state index < -0.39 is 5.91 Å². The number of hydrogen-bond acceptors (Lipinski definition) is 4. The van der Waals surface area contributed by atoms with E-state index in [9.17, 15) is 4.79 Å². The lowest BCUT2D eigenvalue weighted by Gasteiger charge is -2.02. The highest BCUT2D eigenvalue weighted by Crippen LogP contribution is 2.32. The molecule has 0 saturated heterocycles. The van der Waals surface area contributed by atoms with Crippen LogP contribution in [-0.2, 0) is 7.05 Å². The lowest BCUT2D eigenvalue weighted by atomic mass is 10.1. The van der Waals surface area contributed by atoms with Crippen LogP contribution in [0.15, 0.2) is 28.9 Å². The third-order valence-corrected chi connectivity index (χ3v) is 3.35. The van der Waals surface area contributed by atoms with Crippen molar-refractivity contribution in [2.45, 2.75) is 20.8 Å². The predicted octanol–water partition coefficient (Wildman–Crippen LogP) is 3.80. The first kappa shape index (κ1) is 16.0. The molecule has 0 radical (unpaired) electrons. The smallest absolute Gasteiger partial charge is 0.295 e. The molecule has 0 fully saturated rings. The van der Waals surface area contributed by atoms with E-state index >= 15 is 0 Å². The van der Waals surface area contributed by atoms with Crippen molar-refractivity contribution < 1.29 is 9.32 Å². The van der Waals surface area contributed by atoms with Gasteiger partial charge in [-0.2, -0.15) is 5.10 Å². The molecule has 1 aromatic carbocycles. The zero-order valence-electron chi connectivity index (χ0n) is 12.8. The van der Waals surface area contributed by atoms with Crippen LogP contribution in [0.25, 0.3) is 10.9 Å². The van der Waals surface area contributed by atoms with Crippen molar-refractivity contribution in [2.75, 3.05) is 5.32 Å². The molecule has 0 aliphatic heterocycles. The van der Waals surface area contributed by atoms with E-state index in [4.69, 9.17) is 16.1 Å². The first-order valence-corrected chi connectivity index (χ1v) is 7.29. The van der Waals surface area contributed by atoms with Gasteiger partial charge in [-0.05, 0) is 18.6 Å². The number of hydrogen-bond donors (Lipinski definition) is 1. The van der Waals surface area contributed by atoms with Gasteiger partial charge in [0, 0.05) is 13.1 Å². The van der Waals surface area contributed by atoms with E-state index in [1.165, 1.54) is 12.3 Å². The minimum atomic E-state index is -0.417. The predicted molar refractivity (Wildman–Crippen MR) is 86.3 cm³/mol. The van der Waals surface area contributed by atoms with Gasteiger partial charge in [0.2, 0.25) is 5.76 Å². The normalized spacial score (nSPS) is 10.2. The third-order valence-electron chi connectivity index (χ3n) is 3.03. The van der Waals surface area contributed by atoms with Gasteiger partial charge >= 0.3 is 0 Å². The molecule has 0 aliphatic carbocycles. The molecule has 7 heteroatoms. The quantitative estimate of drug-likeness (QED) is 0.779. The fourth-order valence-electron chi connectivity index (χ4n) is 2.15. The molecule has 0 bridgehead atoms. The standard InChI is InChI=1S/C13H11ClN4O2.C2H6/c1-7-3-4-8(14)10-11(7)18(2)17-12(10)16-13(19)9-5-6-15-20-9;1-2/h3-6H,1-2H3,(H,16,17,19);1-2H3. The summed E-state index contributed by atoms with van der Waals surface area (Å²) in [4.78, 5) is 12.0. The molecule has 0 atom stereocenters. The first-order valence-electron chi connectivity index (χ1n) is 6.92. The maximum atomic E-state index is 12.0. The Labute approximate surface area is 133 Å². The number of amides is 1. The summed E-state index contributed by atoms with van der Waals surface area (Å²) in [6, 6.07) is 5.17. The monoisotopic (exact) mass is 320 g/mol. The van der Waals surface area contributed by atoms with Crippen molar-refractivity contribution in [3.63, 3.8) is 0 Å². The Morgan fingerprint density at radius 2 is 2.05 bits per heavy atom. The van der Waals surface area contributed by atoms with E-state index in [0.29, 0.717) is 16.2 Å². The Morgan fingerprint density at radius 3 is 2.68 bits per heavy atom. The molecule has 116 valence electrons. The van der Waals surface area contributed by atoms with Gasteiger partial charge in [-0.3, -0.25) is 9.48 Å². The van der Waals surface area contributed by atoms with Crippen LogP contribution in [0.4, 0.5) is 5.82 Å². The van der Waals surface area contributed by atoms with Gasteiger partial charge in [0.05, 0.1) is 22.1 Å². The van der Waals surface area contributed by atoms with Gasteiger partial charge in [0.25, 0.3) is 5.91 Å². The van der Waals surface area contributed by atoms with Gasteiger partial charge in [-0.1, -0.05) is 36.7 Å². The highest BCUT2D eigenvalue weighted by molar-refractivity contribution is 6.36.